The zero-order chi connectivity index (χ0) is 19.8. The third-order valence-electron chi connectivity index (χ3n) is 6.37. The summed E-state index contributed by atoms with van der Waals surface area (Å²) >= 11 is 0. The van der Waals surface area contributed by atoms with Gasteiger partial charge >= 0.3 is 0 Å². The predicted molar refractivity (Wildman–Crippen MR) is 110 cm³/mol. The van der Waals surface area contributed by atoms with Crippen LogP contribution in [-0.2, 0) is 14.8 Å². The van der Waals surface area contributed by atoms with Gasteiger partial charge in [-0.1, -0.05) is 62.6 Å². The van der Waals surface area contributed by atoms with Gasteiger partial charge in [0.05, 0.1) is 4.90 Å². The monoisotopic (exact) mass is 400 g/mol. The molecule has 1 aliphatic heterocycles. The van der Waals surface area contributed by atoms with Crippen molar-refractivity contribution in [3.63, 3.8) is 0 Å². The summed E-state index contributed by atoms with van der Waals surface area (Å²) in [5.74, 6) is 0.203. The summed E-state index contributed by atoms with van der Waals surface area (Å²) < 4.78 is 28.1. The van der Waals surface area contributed by atoms with Gasteiger partial charge in [0.15, 0.2) is 0 Å². The minimum atomic E-state index is -3.58. The highest BCUT2D eigenvalue weighted by molar-refractivity contribution is 7.89. The molecule has 1 aliphatic carbocycles. The first-order valence-corrected chi connectivity index (χ1v) is 11.6. The summed E-state index contributed by atoms with van der Waals surface area (Å²) in [5.41, 5.74) is -0.269. The highest BCUT2D eigenvalue weighted by Gasteiger charge is 2.39. The predicted octanol–water partition coefficient (Wildman–Crippen LogP) is 3.64. The molecule has 1 saturated heterocycles. The van der Waals surface area contributed by atoms with Crippen LogP contribution in [0.3, 0.4) is 0 Å². The molecule has 2 aromatic rings. The van der Waals surface area contributed by atoms with E-state index in [0.29, 0.717) is 31.1 Å². The molecule has 1 amide bonds. The molecular weight excluding hydrogens is 372 g/mol. The Hall–Kier alpha value is -1.92. The minimum absolute atomic E-state index is 0.203. The van der Waals surface area contributed by atoms with E-state index >= 15 is 0 Å². The fraction of sp³-hybridized carbons (Fsp3) is 0.500. The van der Waals surface area contributed by atoms with E-state index in [9.17, 15) is 13.2 Å². The number of benzene rings is 2. The van der Waals surface area contributed by atoms with Gasteiger partial charge in [-0.25, -0.2) is 8.42 Å². The summed E-state index contributed by atoms with van der Waals surface area (Å²) in [4.78, 5) is 15.3. The lowest BCUT2D eigenvalue weighted by Gasteiger charge is -2.40. The van der Waals surface area contributed by atoms with E-state index in [-0.39, 0.29) is 11.3 Å². The van der Waals surface area contributed by atoms with Gasteiger partial charge in [-0.15, -0.1) is 0 Å². The maximum atomic E-state index is 13.3. The molecule has 0 bridgehead atoms. The largest absolute Gasteiger partial charge is 0.340 e. The van der Waals surface area contributed by atoms with Crippen molar-refractivity contribution in [2.24, 2.45) is 5.41 Å². The Labute approximate surface area is 167 Å². The van der Waals surface area contributed by atoms with Gasteiger partial charge in [0.2, 0.25) is 15.9 Å². The number of fused-ring (bicyclic) bond motifs is 1. The average molecular weight is 401 g/mol. The number of carbonyl (C=O) groups is 1. The van der Waals surface area contributed by atoms with Crippen molar-refractivity contribution in [1.29, 1.82) is 0 Å². The highest BCUT2D eigenvalue weighted by atomic mass is 32.2. The SMILES string of the molecule is CC1(C(=O)N2CCN(S(=O)(=O)c3cccc4ccccc34)CC2)CCCCC1. The number of rotatable bonds is 3. The minimum Gasteiger partial charge on any atom is -0.340 e. The summed E-state index contributed by atoms with van der Waals surface area (Å²) in [6.45, 7) is 3.73. The van der Waals surface area contributed by atoms with E-state index in [4.69, 9.17) is 0 Å². The molecule has 0 aromatic heterocycles. The number of amides is 1. The van der Waals surface area contributed by atoms with Crippen LogP contribution in [0.5, 0.6) is 0 Å². The summed E-state index contributed by atoms with van der Waals surface area (Å²) in [7, 11) is -3.58. The third-order valence-corrected chi connectivity index (χ3v) is 8.32. The number of carbonyl (C=O) groups excluding carboxylic acids is 1. The van der Waals surface area contributed by atoms with Crippen LogP contribution < -0.4 is 0 Å². The molecule has 0 N–H and O–H groups in total. The van der Waals surface area contributed by atoms with E-state index in [1.54, 1.807) is 12.1 Å². The molecule has 0 radical (unpaired) electrons. The number of sulfonamides is 1. The van der Waals surface area contributed by atoms with Gasteiger partial charge in [0.1, 0.15) is 0 Å². The van der Waals surface area contributed by atoms with Crippen LogP contribution in [0.1, 0.15) is 39.0 Å². The maximum Gasteiger partial charge on any atom is 0.243 e. The number of nitrogens with zero attached hydrogens (tertiary/aromatic N) is 2. The summed E-state index contributed by atoms with van der Waals surface area (Å²) in [5, 5.41) is 1.67. The molecule has 1 heterocycles. The van der Waals surface area contributed by atoms with E-state index < -0.39 is 10.0 Å². The molecule has 2 fully saturated rings. The van der Waals surface area contributed by atoms with Crippen molar-refractivity contribution in [2.75, 3.05) is 26.2 Å². The van der Waals surface area contributed by atoms with Crippen LogP contribution in [-0.4, -0.2) is 49.7 Å². The molecule has 6 heteroatoms. The molecule has 2 aromatic carbocycles. The van der Waals surface area contributed by atoms with Gasteiger partial charge in [0, 0.05) is 37.0 Å². The van der Waals surface area contributed by atoms with E-state index in [1.807, 2.05) is 35.2 Å². The Kier molecular flexibility index (Phi) is 5.19. The molecule has 2 aliphatic rings. The Balaban J connectivity index is 1.51. The average Bonchev–Trinajstić information content (AvgIpc) is 2.73. The van der Waals surface area contributed by atoms with Crippen molar-refractivity contribution >= 4 is 26.7 Å². The van der Waals surface area contributed by atoms with Crippen LogP contribution in [0, 0.1) is 5.41 Å². The van der Waals surface area contributed by atoms with Gasteiger partial charge in [-0.05, 0) is 24.3 Å². The molecule has 4 rings (SSSR count). The van der Waals surface area contributed by atoms with Crippen LogP contribution >= 0.6 is 0 Å². The molecule has 0 unspecified atom stereocenters. The topological polar surface area (TPSA) is 57.7 Å². The molecule has 5 nitrogen and oxygen atoms in total. The quantitative estimate of drug-likeness (QED) is 0.790. The fourth-order valence-corrected chi connectivity index (χ4v) is 6.26. The normalized spacial score (nSPS) is 21.0. The van der Waals surface area contributed by atoms with Gasteiger partial charge in [-0.3, -0.25) is 4.79 Å². The van der Waals surface area contributed by atoms with Crippen LogP contribution in [0.25, 0.3) is 10.8 Å². The fourth-order valence-electron chi connectivity index (χ4n) is 4.62. The molecule has 0 spiro atoms. The standard InChI is InChI=1S/C22H28N2O3S/c1-22(12-5-2-6-13-22)21(25)23-14-16-24(17-15-23)28(26,27)20-11-7-9-18-8-3-4-10-19(18)20/h3-4,7-11H,2,5-6,12-17H2,1H3. The van der Waals surface area contributed by atoms with Crippen LogP contribution in [0.2, 0.25) is 0 Å². The maximum absolute atomic E-state index is 13.3. The van der Waals surface area contributed by atoms with Crippen molar-refractivity contribution in [3.05, 3.63) is 42.5 Å². The zero-order valence-corrected chi connectivity index (χ0v) is 17.2. The Morgan fingerprint density at radius 3 is 2.25 bits per heavy atom. The van der Waals surface area contributed by atoms with Crippen molar-refractivity contribution in [3.8, 4) is 0 Å². The number of hydrogen-bond acceptors (Lipinski definition) is 3. The van der Waals surface area contributed by atoms with Gasteiger partial charge in [0.25, 0.3) is 0 Å². The van der Waals surface area contributed by atoms with Crippen LogP contribution in [0.15, 0.2) is 47.4 Å². The summed E-state index contributed by atoms with van der Waals surface area (Å²) in [6, 6.07) is 13.0. The first-order valence-electron chi connectivity index (χ1n) is 10.2. The van der Waals surface area contributed by atoms with Crippen LogP contribution in [0.4, 0.5) is 0 Å². The lowest BCUT2D eigenvalue weighted by Crippen LogP contribution is -2.54. The Morgan fingerprint density at radius 1 is 0.893 bits per heavy atom. The lowest BCUT2D eigenvalue weighted by molar-refractivity contribution is -0.144. The first-order chi connectivity index (χ1) is 13.4. The van der Waals surface area contributed by atoms with Gasteiger partial charge < -0.3 is 4.90 Å². The molecule has 150 valence electrons. The van der Waals surface area contributed by atoms with Crippen molar-refractivity contribution in [1.82, 2.24) is 9.21 Å². The second-order valence-electron chi connectivity index (χ2n) is 8.29. The van der Waals surface area contributed by atoms with E-state index in [2.05, 4.69) is 6.92 Å². The second-order valence-corrected chi connectivity index (χ2v) is 10.2. The van der Waals surface area contributed by atoms with Crippen molar-refractivity contribution in [2.45, 2.75) is 43.9 Å². The smallest absolute Gasteiger partial charge is 0.243 e. The molecule has 0 atom stereocenters. The number of piperazine rings is 1. The Morgan fingerprint density at radius 2 is 1.54 bits per heavy atom. The Bertz CT molecular complexity index is 967. The van der Waals surface area contributed by atoms with E-state index in [1.165, 1.54) is 10.7 Å². The summed E-state index contributed by atoms with van der Waals surface area (Å²) in [6.07, 6.45) is 5.32. The van der Waals surface area contributed by atoms with Crippen molar-refractivity contribution < 1.29 is 13.2 Å². The van der Waals surface area contributed by atoms with E-state index in [0.717, 1.165) is 36.5 Å². The molecular formula is C22H28N2O3S. The van der Waals surface area contributed by atoms with Gasteiger partial charge in [-0.2, -0.15) is 4.31 Å². The number of hydrogen-bond donors (Lipinski definition) is 0. The highest BCUT2D eigenvalue weighted by Crippen LogP contribution is 2.38. The third kappa shape index (κ3) is 3.44. The zero-order valence-electron chi connectivity index (χ0n) is 16.4. The lowest BCUT2D eigenvalue weighted by atomic mass is 9.74. The first kappa shape index (κ1) is 19.4. The molecule has 1 saturated carbocycles. The second kappa shape index (κ2) is 7.48. The molecule has 28 heavy (non-hydrogen) atoms.